The minimum Gasteiger partial charge on any atom is -0.383 e. The molecule has 0 aliphatic carbocycles. The topological polar surface area (TPSA) is 53.6 Å². The summed E-state index contributed by atoms with van der Waals surface area (Å²) in [4.78, 5) is 13.3. The van der Waals surface area contributed by atoms with Crippen molar-refractivity contribution in [2.75, 3.05) is 54.0 Å². The molecule has 0 fully saturated rings. The van der Waals surface area contributed by atoms with Crippen LogP contribution in [0.1, 0.15) is 6.42 Å². The Labute approximate surface area is 92.2 Å². The molecule has 2 N–H and O–H groups in total. The van der Waals surface area contributed by atoms with Gasteiger partial charge in [-0.25, -0.2) is 0 Å². The average molecular weight is 217 g/mol. The molecule has 0 heterocycles. The Hall–Kier alpha value is -0.650. The Morgan fingerprint density at radius 1 is 1.33 bits per heavy atom. The Kier molecular flexibility index (Phi) is 9.46. The maximum atomic E-state index is 11.2. The predicted molar refractivity (Wildman–Crippen MR) is 60.9 cm³/mol. The number of rotatable bonds is 9. The van der Waals surface area contributed by atoms with Gasteiger partial charge in [0, 0.05) is 39.7 Å². The van der Waals surface area contributed by atoms with Crippen LogP contribution in [0.5, 0.6) is 0 Å². The van der Waals surface area contributed by atoms with E-state index in [0.717, 1.165) is 26.2 Å². The number of amides is 1. The minimum absolute atomic E-state index is 0.101. The molecule has 0 aromatic heterocycles. The molecule has 0 unspecified atom stereocenters. The van der Waals surface area contributed by atoms with Crippen molar-refractivity contribution in [1.82, 2.24) is 15.5 Å². The quantitative estimate of drug-likeness (QED) is 0.536. The zero-order valence-electron chi connectivity index (χ0n) is 10.0. The predicted octanol–water partition coefficient (Wildman–Crippen LogP) is -0.710. The Morgan fingerprint density at radius 3 is 2.67 bits per heavy atom. The SMILES string of the molecule is CNCCC(=O)NCCN(C)CCOC. The van der Waals surface area contributed by atoms with Gasteiger partial charge in [0.05, 0.1) is 6.61 Å². The molecular weight excluding hydrogens is 194 g/mol. The fourth-order valence-electron chi connectivity index (χ4n) is 1.07. The summed E-state index contributed by atoms with van der Waals surface area (Å²) < 4.78 is 4.96. The minimum atomic E-state index is 0.101. The first-order valence-electron chi connectivity index (χ1n) is 5.29. The van der Waals surface area contributed by atoms with E-state index in [0.29, 0.717) is 13.0 Å². The number of carbonyl (C=O) groups is 1. The molecule has 0 aliphatic rings. The van der Waals surface area contributed by atoms with Crippen LogP contribution < -0.4 is 10.6 Å². The zero-order valence-corrected chi connectivity index (χ0v) is 10.0. The van der Waals surface area contributed by atoms with E-state index in [4.69, 9.17) is 4.74 Å². The first kappa shape index (κ1) is 14.3. The normalized spacial score (nSPS) is 10.7. The first-order valence-corrected chi connectivity index (χ1v) is 5.29. The molecule has 0 radical (unpaired) electrons. The Bertz CT molecular complexity index is 165. The highest BCUT2D eigenvalue weighted by atomic mass is 16.5. The van der Waals surface area contributed by atoms with Gasteiger partial charge in [-0.1, -0.05) is 0 Å². The van der Waals surface area contributed by atoms with Gasteiger partial charge >= 0.3 is 0 Å². The van der Waals surface area contributed by atoms with Gasteiger partial charge in [-0.05, 0) is 14.1 Å². The number of ether oxygens (including phenoxy) is 1. The van der Waals surface area contributed by atoms with E-state index < -0.39 is 0 Å². The second-order valence-electron chi connectivity index (χ2n) is 3.50. The summed E-state index contributed by atoms with van der Waals surface area (Å²) >= 11 is 0. The van der Waals surface area contributed by atoms with Gasteiger partial charge < -0.3 is 20.3 Å². The summed E-state index contributed by atoms with van der Waals surface area (Å²) in [5.41, 5.74) is 0. The van der Waals surface area contributed by atoms with Crippen LogP contribution in [-0.2, 0) is 9.53 Å². The third kappa shape index (κ3) is 9.65. The number of hydrogen-bond donors (Lipinski definition) is 2. The maximum absolute atomic E-state index is 11.2. The Morgan fingerprint density at radius 2 is 2.07 bits per heavy atom. The number of nitrogens with zero attached hydrogens (tertiary/aromatic N) is 1. The van der Waals surface area contributed by atoms with Crippen LogP contribution in [0.4, 0.5) is 0 Å². The lowest BCUT2D eigenvalue weighted by atomic mass is 10.4. The van der Waals surface area contributed by atoms with Crippen LogP contribution >= 0.6 is 0 Å². The van der Waals surface area contributed by atoms with E-state index in [-0.39, 0.29) is 5.91 Å². The highest BCUT2D eigenvalue weighted by Gasteiger charge is 2.01. The molecule has 0 spiro atoms. The van der Waals surface area contributed by atoms with Gasteiger partial charge in [0.15, 0.2) is 0 Å². The molecule has 0 rings (SSSR count). The van der Waals surface area contributed by atoms with E-state index in [1.54, 1.807) is 7.11 Å². The summed E-state index contributed by atoms with van der Waals surface area (Å²) in [6.07, 6.45) is 0.540. The van der Waals surface area contributed by atoms with Crippen molar-refractivity contribution in [2.24, 2.45) is 0 Å². The molecule has 0 aliphatic heterocycles. The second-order valence-corrected chi connectivity index (χ2v) is 3.50. The van der Waals surface area contributed by atoms with Crippen molar-refractivity contribution >= 4 is 5.91 Å². The number of nitrogens with one attached hydrogen (secondary N) is 2. The summed E-state index contributed by atoms with van der Waals surface area (Å²) in [7, 11) is 5.54. The van der Waals surface area contributed by atoms with Gasteiger partial charge in [0.2, 0.25) is 5.91 Å². The molecule has 0 saturated heterocycles. The highest BCUT2D eigenvalue weighted by molar-refractivity contribution is 5.75. The van der Waals surface area contributed by atoms with E-state index >= 15 is 0 Å². The molecule has 0 aromatic carbocycles. The van der Waals surface area contributed by atoms with Gasteiger partial charge in [-0.15, -0.1) is 0 Å². The lowest BCUT2D eigenvalue weighted by Crippen LogP contribution is -2.35. The third-order valence-electron chi connectivity index (χ3n) is 2.09. The standard InChI is InChI=1S/C10H23N3O2/c1-11-5-4-10(14)12-6-7-13(2)8-9-15-3/h11H,4-9H2,1-3H3,(H,12,14). The molecule has 0 atom stereocenters. The molecule has 0 bridgehead atoms. The fourth-order valence-corrected chi connectivity index (χ4v) is 1.07. The largest absolute Gasteiger partial charge is 0.383 e. The summed E-state index contributed by atoms with van der Waals surface area (Å²) in [5, 5.41) is 5.80. The molecule has 15 heavy (non-hydrogen) atoms. The van der Waals surface area contributed by atoms with Gasteiger partial charge in [-0.2, -0.15) is 0 Å². The van der Waals surface area contributed by atoms with Crippen LogP contribution in [0.15, 0.2) is 0 Å². The third-order valence-corrected chi connectivity index (χ3v) is 2.09. The first-order chi connectivity index (χ1) is 7.20. The fraction of sp³-hybridized carbons (Fsp3) is 0.900. The van der Waals surface area contributed by atoms with Crippen LogP contribution in [0, 0.1) is 0 Å². The number of carbonyl (C=O) groups excluding carboxylic acids is 1. The van der Waals surface area contributed by atoms with Crippen molar-refractivity contribution in [3.63, 3.8) is 0 Å². The lowest BCUT2D eigenvalue weighted by Gasteiger charge is -2.16. The van der Waals surface area contributed by atoms with Crippen LogP contribution in [0.25, 0.3) is 0 Å². The molecule has 1 amide bonds. The second kappa shape index (κ2) is 9.89. The molecule has 5 nitrogen and oxygen atoms in total. The average Bonchev–Trinajstić information content (AvgIpc) is 2.23. The molecule has 0 saturated carbocycles. The highest BCUT2D eigenvalue weighted by Crippen LogP contribution is 1.82. The van der Waals surface area contributed by atoms with Crippen molar-refractivity contribution in [1.29, 1.82) is 0 Å². The van der Waals surface area contributed by atoms with E-state index in [2.05, 4.69) is 15.5 Å². The monoisotopic (exact) mass is 217 g/mol. The molecule has 0 aromatic rings. The van der Waals surface area contributed by atoms with Crippen molar-refractivity contribution < 1.29 is 9.53 Å². The number of hydrogen-bond acceptors (Lipinski definition) is 4. The van der Waals surface area contributed by atoms with Gasteiger partial charge in [-0.3, -0.25) is 4.79 Å². The summed E-state index contributed by atoms with van der Waals surface area (Å²) in [6.45, 7) is 3.90. The summed E-state index contributed by atoms with van der Waals surface area (Å²) in [6, 6.07) is 0. The van der Waals surface area contributed by atoms with E-state index in [1.165, 1.54) is 0 Å². The van der Waals surface area contributed by atoms with Gasteiger partial charge in [0.25, 0.3) is 0 Å². The molecule has 90 valence electrons. The summed E-state index contributed by atoms with van der Waals surface area (Å²) in [5.74, 6) is 0.101. The smallest absolute Gasteiger partial charge is 0.221 e. The van der Waals surface area contributed by atoms with Gasteiger partial charge in [0.1, 0.15) is 0 Å². The zero-order chi connectivity index (χ0) is 11.5. The molecular formula is C10H23N3O2. The van der Waals surface area contributed by atoms with Crippen molar-refractivity contribution in [3.8, 4) is 0 Å². The van der Waals surface area contributed by atoms with Crippen molar-refractivity contribution in [3.05, 3.63) is 0 Å². The lowest BCUT2D eigenvalue weighted by molar-refractivity contribution is -0.121. The van der Waals surface area contributed by atoms with Crippen molar-refractivity contribution in [2.45, 2.75) is 6.42 Å². The Balaban J connectivity index is 3.31. The van der Waals surface area contributed by atoms with Crippen LogP contribution in [-0.4, -0.2) is 64.8 Å². The number of methoxy groups -OCH3 is 1. The molecule has 5 heteroatoms. The maximum Gasteiger partial charge on any atom is 0.221 e. The van der Waals surface area contributed by atoms with Crippen LogP contribution in [0.2, 0.25) is 0 Å². The van der Waals surface area contributed by atoms with E-state index in [9.17, 15) is 4.79 Å². The number of likely N-dealkylation sites (N-methyl/N-ethyl adjacent to an activating group) is 1. The van der Waals surface area contributed by atoms with E-state index in [1.807, 2.05) is 14.1 Å². The van der Waals surface area contributed by atoms with Crippen LogP contribution in [0.3, 0.4) is 0 Å².